The van der Waals surface area contributed by atoms with Gasteiger partial charge in [-0.2, -0.15) is 0 Å². The first-order chi connectivity index (χ1) is 7.42. The third-order valence-corrected chi connectivity index (χ3v) is 1.53. The van der Waals surface area contributed by atoms with Gasteiger partial charge < -0.3 is 16.2 Å². The number of nitrogen functional groups attached to an aromatic ring is 1. The van der Waals surface area contributed by atoms with E-state index in [9.17, 15) is 13.2 Å². The van der Waals surface area contributed by atoms with Crippen LogP contribution in [0, 0.1) is 12.8 Å². The molecule has 0 saturated carbocycles. The number of nitrogens with two attached hydrogens (primary N) is 2. The average Bonchev–Trinajstić information content (AvgIpc) is 2.22. The minimum atomic E-state index is -4.71. The summed E-state index contributed by atoms with van der Waals surface area (Å²) in [5.74, 6) is -0.311. The molecule has 0 amide bonds. The Kier molecular flexibility index (Phi) is 5.19. The Morgan fingerprint density at radius 3 is 2.25 bits per heavy atom. The summed E-state index contributed by atoms with van der Waals surface area (Å²) >= 11 is 0. The summed E-state index contributed by atoms with van der Waals surface area (Å²) in [5, 5.41) is 0. The van der Waals surface area contributed by atoms with Crippen LogP contribution in [-0.4, -0.2) is 6.36 Å². The van der Waals surface area contributed by atoms with Gasteiger partial charge >= 0.3 is 6.36 Å². The van der Waals surface area contributed by atoms with Crippen molar-refractivity contribution in [3.8, 4) is 18.6 Å². The molecule has 0 bridgehead atoms. The van der Waals surface area contributed by atoms with Crippen molar-refractivity contribution >= 4 is 5.69 Å². The van der Waals surface area contributed by atoms with E-state index in [1.54, 1.807) is 0 Å². The lowest BCUT2D eigenvalue weighted by Gasteiger charge is -2.12. The molecule has 0 aliphatic rings. The van der Waals surface area contributed by atoms with Crippen LogP contribution in [0.3, 0.4) is 0 Å². The molecule has 4 N–H and O–H groups in total. The van der Waals surface area contributed by atoms with Gasteiger partial charge in [0.05, 0.1) is 0 Å². The van der Waals surface area contributed by atoms with E-state index in [0.717, 1.165) is 6.07 Å². The lowest BCUT2D eigenvalue weighted by molar-refractivity contribution is -0.274. The topological polar surface area (TPSA) is 61.3 Å². The van der Waals surface area contributed by atoms with Crippen LogP contribution in [0.25, 0.3) is 0 Å². The van der Waals surface area contributed by atoms with Crippen molar-refractivity contribution < 1.29 is 17.9 Å². The number of anilines is 1. The summed E-state index contributed by atoms with van der Waals surface area (Å²) in [7, 11) is 0. The van der Waals surface area contributed by atoms with Crippen LogP contribution in [0.5, 0.6) is 5.75 Å². The van der Waals surface area contributed by atoms with Gasteiger partial charge in [-0.1, -0.05) is 0 Å². The predicted molar refractivity (Wildman–Crippen MR) is 55.3 cm³/mol. The molecule has 88 valence electrons. The third kappa shape index (κ3) is 4.57. The van der Waals surface area contributed by atoms with E-state index in [0.29, 0.717) is 5.69 Å². The summed E-state index contributed by atoms with van der Waals surface area (Å²) in [6.45, 7) is -0.0591. The maximum absolute atomic E-state index is 11.9. The Labute approximate surface area is 91.2 Å². The molecule has 0 atom stereocenters. The Hall–Kier alpha value is -1.87. The highest BCUT2D eigenvalue weighted by Gasteiger charge is 2.31. The van der Waals surface area contributed by atoms with Crippen LogP contribution in [0.2, 0.25) is 0 Å². The minimum Gasteiger partial charge on any atom is -0.405 e. The number of halogens is 3. The zero-order valence-corrected chi connectivity index (χ0v) is 8.29. The van der Waals surface area contributed by atoms with E-state index in [1.807, 2.05) is 0 Å². The zero-order chi connectivity index (χ0) is 12.8. The molecule has 0 aromatic heterocycles. The van der Waals surface area contributed by atoms with Gasteiger partial charge in [0.1, 0.15) is 5.75 Å². The van der Waals surface area contributed by atoms with Crippen LogP contribution in [0.4, 0.5) is 18.9 Å². The third-order valence-electron chi connectivity index (χ3n) is 1.53. The fraction of sp³-hybridized carbons (Fsp3) is 0.200. The second kappa shape index (κ2) is 5.88. The average molecular weight is 232 g/mol. The van der Waals surface area contributed by atoms with Gasteiger partial charge in [0, 0.05) is 17.8 Å². The van der Waals surface area contributed by atoms with E-state index in [1.165, 1.54) is 12.1 Å². The molecule has 3 nitrogen and oxygen atoms in total. The molecule has 1 aromatic rings. The summed E-state index contributed by atoms with van der Waals surface area (Å²) in [6.07, 6.45) is 3.29. The number of alkyl halides is 3. The fourth-order valence-electron chi connectivity index (χ4n) is 0.983. The van der Waals surface area contributed by atoms with Gasteiger partial charge in [-0.05, 0) is 18.2 Å². The highest BCUT2D eigenvalue weighted by atomic mass is 19.4. The van der Waals surface area contributed by atoms with Gasteiger partial charge in [-0.3, -0.25) is 0 Å². The fourth-order valence-corrected chi connectivity index (χ4v) is 0.983. The maximum Gasteiger partial charge on any atom is 0.573 e. The molecule has 0 fully saturated rings. The minimum absolute atomic E-state index is 0.0591. The van der Waals surface area contributed by atoms with E-state index in [-0.39, 0.29) is 17.9 Å². The Balaban J connectivity index is 0.00000106. The van der Waals surface area contributed by atoms with E-state index in [2.05, 4.69) is 17.6 Å². The molecule has 1 aromatic carbocycles. The molecule has 6 heteroatoms. The number of terminal acetylenes is 1. The van der Waals surface area contributed by atoms with Crippen molar-refractivity contribution in [1.29, 1.82) is 0 Å². The van der Waals surface area contributed by atoms with E-state index >= 15 is 0 Å². The van der Waals surface area contributed by atoms with Crippen LogP contribution in [-0.2, 0) is 6.54 Å². The van der Waals surface area contributed by atoms with Crippen LogP contribution < -0.4 is 16.2 Å². The molecular formula is C10H11F3N2O. The largest absolute Gasteiger partial charge is 0.573 e. The SMILES string of the molecule is C#C.NCc1cc(N)ccc1OC(F)(F)F. The molecule has 0 unspecified atom stereocenters. The zero-order valence-electron chi connectivity index (χ0n) is 8.29. The monoisotopic (exact) mass is 232 g/mol. The highest BCUT2D eigenvalue weighted by Crippen LogP contribution is 2.27. The standard InChI is InChI=1S/C8H9F3N2O.C2H2/c9-8(10,11)14-7-2-1-6(13)3-5(7)4-12;1-2/h1-3H,4,12-13H2;1-2H. The van der Waals surface area contributed by atoms with Crippen molar-refractivity contribution in [2.45, 2.75) is 12.9 Å². The van der Waals surface area contributed by atoms with Crippen molar-refractivity contribution in [2.24, 2.45) is 5.73 Å². The van der Waals surface area contributed by atoms with Crippen molar-refractivity contribution in [3.05, 3.63) is 23.8 Å². The normalized spacial score (nSPS) is 10.1. The second-order valence-corrected chi connectivity index (χ2v) is 2.62. The Morgan fingerprint density at radius 1 is 1.25 bits per heavy atom. The summed E-state index contributed by atoms with van der Waals surface area (Å²) in [4.78, 5) is 0. The highest BCUT2D eigenvalue weighted by molar-refractivity contribution is 5.47. The predicted octanol–water partition coefficient (Wildman–Crippen LogP) is 1.88. The van der Waals surface area contributed by atoms with Crippen LogP contribution in [0.1, 0.15) is 5.56 Å². The first-order valence-electron chi connectivity index (χ1n) is 4.10. The summed E-state index contributed by atoms with van der Waals surface area (Å²) in [5.41, 5.74) is 11.2. The molecule has 1 rings (SSSR count). The first kappa shape index (κ1) is 14.1. The number of rotatable bonds is 2. The van der Waals surface area contributed by atoms with E-state index in [4.69, 9.17) is 11.5 Å². The quantitative estimate of drug-likeness (QED) is 0.604. The smallest absolute Gasteiger partial charge is 0.405 e. The number of hydrogen-bond acceptors (Lipinski definition) is 3. The van der Waals surface area contributed by atoms with Crippen LogP contribution in [0.15, 0.2) is 18.2 Å². The maximum atomic E-state index is 11.9. The van der Waals surface area contributed by atoms with Crippen molar-refractivity contribution in [2.75, 3.05) is 5.73 Å². The van der Waals surface area contributed by atoms with Gasteiger partial charge in [0.2, 0.25) is 0 Å². The van der Waals surface area contributed by atoms with E-state index < -0.39 is 6.36 Å². The van der Waals surface area contributed by atoms with Crippen molar-refractivity contribution in [3.63, 3.8) is 0 Å². The molecule has 0 saturated heterocycles. The van der Waals surface area contributed by atoms with Crippen molar-refractivity contribution in [1.82, 2.24) is 0 Å². The lowest BCUT2D eigenvalue weighted by Crippen LogP contribution is -2.18. The second-order valence-electron chi connectivity index (χ2n) is 2.62. The lowest BCUT2D eigenvalue weighted by atomic mass is 10.2. The molecule has 0 radical (unpaired) electrons. The molecule has 0 aliphatic heterocycles. The van der Waals surface area contributed by atoms with Gasteiger partial charge in [0.15, 0.2) is 0 Å². The first-order valence-corrected chi connectivity index (χ1v) is 4.10. The Morgan fingerprint density at radius 2 is 1.81 bits per heavy atom. The number of ether oxygens (including phenoxy) is 1. The Bertz CT molecular complexity index is 361. The number of hydrogen-bond donors (Lipinski definition) is 2. The van der Waals surface area contributed by atoms with Gasteiger partial charge in [0.25, 0.3) is 0 Å². The molecule has 0 spiro atoms. The van der Waals surface area contributed by atoms with Crippen LogP contribution >= 0.6 is 0 Å². The summed E-state index contributed by atoms with van der Waals surface area (Å²) < 4.78 is 39.3. The summed E-state index contributed by atoms with van der Waals surface area (Å²) in [6, 6.07) is 3.81. The molecular weight excluding hydrogens is 221 g/mol. The number of benzene rings is 1. The molecule has 0 heterocycles. The molecule has 16 heavy (non-hydrogen) atoms. The van der Waals surface area contributed by atoms with Gasteiger partial charge in [-0.25, -0.2) is 0 Å². The van der Waals surface area contributed by atoms with Gasteiger partial charge in [-0.15, -0.1) is 26.0 Å². The molecule has 0 aliphatic carbocycles.